The Kier molecular flexibility index (Phi) is 5.47. The average molecular weight is 431 g/mol. The number of benzene rings is 2. The molecule has 1 saturated heterocycles. The van der Waals surface area contributed by atoms with Crippen molar-refractivity contribution in [3.05, 3.63) is 60.0 Å². The van der Waals surface area contributed by atoms with Gasteiger partial charge in [-0.15, -0.1) is 0 Å². The van der Waals surface area contributed by atoms with E-state index in [1.54, 1.807) is 4.90 Å². The summed E-state index contributed by atoms with van der Waals surface area (Å²) in [5.74, 6) is 1.00. The van der Waals surface area contributed by atoms with Gasteiger partial charge in [0, 0.05) is 35.8 Å². The van der Waals surface area contributed by atoms with E-state index in [2.05, 4.69) is 22.4 Å². The Balaban J connectivity index is 1.28. The molecule has 2 heterocycles. The summed E-state index contributed by atoms with van der Waals surface area (Å²) in [5, 5.41) is 7.06. The van der Waals surface area contributed by atoms with Gasteiger partial charge >= 0.3 is 0 Å². The second kappa shape index (κ2) is 8.57. The van der Waals surface area contributed by atoms with Crippen molar-refractivity contribution in [2.45, 2.75) is 44.9 Å². The highest BCUT2D eigenvalue weighted by Crippen LogP contribution is 2.36. The Morgan fingerprint density at radius 3 is 2.72 bits per heavy atom. The molecule has 0 bridgehead atoms. The molecule has 1 saturated carbocycles. The fourth-order valence-corrected chi connectivity index (χ4v) is 4.19. The maximum atomic E-state index is 12.8. The Hall–Kier alpha value is -3.48. The smallest absolute Gasteiger partial charge is 0.230 e. The van der Waals surface area contributed by atoms with Crippen molar-refractivity contribution in [3.8, 4) is 11.4 Å². The van der Waals surface area contributed by atoms with Crippen LogP contribution in [-0.4, -0.2) is 28.5 Å². The van der Waals surface area contributed by atoms with E-state index >= 15 is 0 Å². The lowest BCUT2D eigenvalue weighted by Gasteiger charge is -2.20. The first-order valence-electron chi connectivity index (χ1n) is 11.2. The third-order valence-corrected chi connectivity index (χ3v) is 6.44. The number of hydrogen-bond acceptors (Lipinski definition) is 5. The predicted molar refractivity (Wildman–Crippen MR) is 121 cm³/mol. The largest absolute Gasteiger partial charge is 0.339 e. The highest BCUT2D eigenvalue weighted by atomic mass is 16.5. The summed E-state index contributed by atoms with van der Waals surface area (Å²) in [4.78, 5) is 31.7. The number of hydrogen-bond donors (Lipinski definition) is 1. The van der Waals surface area contributed by atoms with Gasteiger partial charge in [0.25, 0.3) is 0 Å². The number of carbonyl (C=O) groups excluding carboxylic acids is 2. The van der Waals surface area contributed by atoms with Gasteiger partial charge in [0.15, 0.2) is 0 Å². The molecule has 1 atom stereocenters. The van der Waals surface area contributed by atoms with Crippen LogP contribution in [0.4, 0.5) is 11.4 Å². The van der Waals surface area contributed by atoms with Gasteiger partial charge in [-0.3, -0.25) is 9.59 Å². The first-order chi connectivity index (χ1) is 15.6. The molecule has 0 radical (unpaired) electrons. The second-order valence-corrected chi connectivity index (χ2v) is 8.58. The number of anilines is 2. The van der Waals surface area contributed by atoms with Crippen LogP contribution in [0.1, 0.15) is 50.0 Å². The van der Waals surface area contributed by atoms with Gasteiger partial charge in [0.2, 0.25) is 23.5 Å². The van der Waals surface area contributed by atoms with Crippen molar-refractivity contribution in [1.82, 2.24) is 10.1 Å². The van der Waals surface area contributed by atoms with E-state index in [0.29, 0.717) is 24.2 Å². The lowest BCUT2D eigenvalue weighted by atomic mass is 9.85. The van der Waals surface area contributed by atoms with Gasteiger partial charge in [0.05, 0.1) is 5.92 Å². The molecule has 7 heteroatoms. The Morgan fingerprint density at radius 2 is 2.00 bits per heavy atom. The Morgan fingerprint density at radius 1 is 1.19 bits per heavy atom. The van der Waals surface area contributed by atoms with Gasteiger partial charge in [-0.2, -0.15) is 4.98 Å². The number of aryl methyl sites for hydroxylation is 1. The fourth-order valence-electron chi connectivity index (χ4n) is 4.19. The van der Waals surface area contributed by atoms with Crippen LogP contribution in [-0.2, 0) is 16.0 Å². The highest BCUT2D eigenvalue weighted by molar-refractivity contribution is 6.03. The van der Waals surface area contributed by atoms with Crippen LogP contribution in [0.5, 0.6) is 0 Å². The molecule has 0 spiro atoms. The Bertz CT molecular complexity index is 1130. The van der Waals surface area contributed by atoms with Gasteiger partial charge in [-0.25, -0.2) is 0 Å². The van der Waals surface area contributed by atoms with Crippen LogP contribution < -0.4 is 10.2 Å². The lowest BCUT2D eigenvalue weighted by Crippen LogP contribution is -2.28. The van der Waals surface area contributed by atoms with Crippen LogP contribution in [0.25, 0.3) is 11.4 Å². The molecular formula is C25H26N4O3. The third-order valence-electron chi connectivity index (χ3n) is 6.44. The van der Waals surface area contributed by atoms with Crippen LogP contribution in [0.2, 0.25) is 0 Å². The summed E-state index contributed by atoms with van der Waals surface area (Å²) in [6, 6.07) is 15.3. The normalized spacial score (nSPS) is 18.6. The van der Waals surface area contributed by atoms with Crippen molar-refractivity contribution in [3.63, 3.8) is 0 Å². The van der Waals surface area contributed by atoms with Crippen molar-refractivity contribution < 1.29 is 14.1 Å². The zero-order chi connectivity index (χ0) is 22.1. The molecule has 7 nitrogen and oxygen atoms in total. The molecule has 2 aromatic carbocycles. The van der Waals surface area contributed by atoms with Gasteiger partial charge in [0.1, 0.15) is 0 Å². The number of amides is 2. The number of aromatic nitrogens is 2. The van der Waals surface area contributed by atoms with Crippen LogP contribution in [0.15, 0.2) is 53.1 Å². The van der Waals surface area contributed by atoms with E-state index in [9.17, 15) is 9.59 Å². The Labute approximate surface area is 186 Å². The van der Waals surface area contributed by atoms with Crippen molar-refractivity contribution >= 4 is 23.2 Å². The standard InChI is InChI=1S/C25H26N4O3/c1-2-16-9-11-20(12-10-16)26-24(31)19-14-22(30)29(15-19)21-8-4-7-18(13-21)23-27-25(32-28-23)17-5-3-6-17/h4,7-13,17,19H,2-3,5-6,14-15H2,1H3,(H,26,31). The molecule has 1 aliphatic carbocycles. The topological polar surface area (TPSA) is 88.3 Å². The molecule has 3 aromatic rings. The first kappa shape index (κ1) is 20.4. The monoisotopic (exact) mass is 430 g/mol. The molecule has 1 unspecified atom stereocenters. The minimum Gasteiger partial charge on any atom is -0.339 e. The molecule has 5 rings (SSSR count). The van der Waals surface area contributed by atoms with Crippen LogP contribution in [0, 0.1) is 5.92 Å². The first-order valence-corrected chi connectivity index (χ1v) is 11.2. The summed E-state index contributed by atoms with van der Waals surface area (Å²) < 4.78 is 5.43. The number of nitrogens with one attached hydrogen (secondary N) is 1. The zero-order valence-corrected chi connectivity index (χ0v) is 18.1. The summed E-state index contributed by atoms with van der Waals surface area (Å²) in [6.45, 7) is 2.44. The minimum absolute atomic E-state index is 0.0631. The van der Waals surface area contributed by atoms with Gasteiger partial charge < -0.3 is 14.7 Å². The van der Waals surface area contributed by atoms with E-state index in [1.165, 1.54) is 12.0 Å². The molecular weight excluding hydrogens is 404 g/mol. The minimum atomic E-state index is -0.396. The quantitative estimate of drug-likeness (QED) is 0.619. The number of nitrogens with zero attached hydrogens (tertiary/aromatic N) is 3. The summed E-state index contributed by atoms with van der Waals surface area (Å²) in [5.41, 5.74) is 3.50. The zero-order valence-electron chi connectivity index (χ0n) is 18.1. The molecule has 1 aliphatic heterocycles. The highest BCUT2D eigenvalue weighted by Gasteiger charge is 2.35. The predicted octanol–water partition coefficient (Wildman–Crippen LogP) is 4.56. The van der Waals surface area contributed by atoms with E-state index in [-0.39, 0.29) is 18.2 Å². The molecule has 164 valence electrons. The van der Waals surface area contributed by atoms with Crippen molar-refractivity contribution in [1.29, 1.82) is 0 Å². The van der Waals surface area contributed by atoms with Gasteiger partial charge in [-0.1, -0.05) is 42.8 Å². The van der Waals surface area contributed by atoms with E-state index in [1.807, 2.05) is 48.5 Å². The summed E-state index contributed by atoms with van der Waals surface area (Å²) in [6.07, 6.45) is 4.53. The lowest BCUT2D eigenvalue weighted by molar-refractivity contribution is -0.122. The van der Waals surface area contributed by atoms with Crippen molar-refractivity contribution in [2.24, 2.45) is 5.92 Å². The maximum Gasteiger partial charge on any atom is 0.230 e. The SMILES string of the molecule is CCc1ccc(NC(=O)C2CC(=O)N(c3cccc(-c4noc(C5CCC5)n4)c3)C2)cc1. The molecule has 2 amide bonds. The molecule has 1 aromatic heterocycles. The second-order valence-electron chi connectivity index (χ2n) is 8.58. The number of carbonyl (C=O) groups is 2. The van der Waals surface area contributed by atoms with Gasteiger partial charge in [-0.05, 0) is 49.1 Å². The molecule has 1 N–H and O–H groups in total. The molecule has 2 aliphatic rings. The van der Waals surface area contributed by atoms with E-state index in [4.69, 9.17) is 4.52 Å². The third kappa shape index (κ3) is 4.02. The van der Waals surface area contributed by atoms with E-state index in [0.717, 1.165) is 36.2 Å². The fraction of sp³-hybridized carbons (Fsp3) is 0.360. The van der Waals surface area contributed by atoms with Crippen molar-refractivity contribution in [2.75, 3.05) is 16.8 Å². The van der Waals surface area contributed by atoms with Crippen LogP contribution >= 0.6 is 0 Å². The summed E-state index contributed by atoms with van der Waals surface area (Å²) >= 11 is 0. The van der Waals surface area contributed by atoms with E-state index < -0.39 is 5.92 Å². The molecule has 2 fully saturated rings. The summed E-state index contributed by atoms with van der Waals surface area (Å²) in [7, 11) is 0. The van der Waals surface area contributed by atoms with Crippen LogP contribution in [0.3, 0.4) is 0 Å². The molecule has 32 heavy (non-hydrogen) atoms. The number of rotatable bonds is 6. The average Bonchev–Trinajstić information content (AvgIpc) is 3.40. The maximum absolute atomic E-state index is 12.8.